The summed E-state index contributed by atoms with van der Waals surface area (Å²) >= 11 is 0. The van der Waals surface area contributed by atoms with Crippen molar-refractivity contribution in [1.82, 2.24) is 0 Å². The average Bonchev–Trinajstić information content (AvgIpc) is 3.11. The maximum atomic E-state index is 6.07. The van der Waals surface area contributed by atoms with Gasteiger partial charge in [-0.3, -0.25) is 0 Å². The van der Waals surface area contributed by atoms with Crippen LogP contribution in [0.1, 0.15) is 0 Å². The van der Waals surface area contributed by atoms with Gasteiger partial charge in [-0.2, -0.15) is 0 Å². The zero-order valence-electron chi connectivity index (χ0n) is 27.1. The van der Waals surface area contributed by atoms with E-state index in [1.54, 1.807) is 43.2 Å². The molecular formula is C36H44O8S4. The summed E-state index contributed by atoms with van der Waals surface area (Å²) in [4.78, 5) is 0. The van der Waals surface area contributed by atoms with E-state index in [9.17, 15) is 0 Å². The first-order chi connectivity index (χ1) is 23.9. The monoisotopic (exact) mass is 732 g/mol. The molecule has 4 aromatic rings. The molecule has 0 aromatic heterocycles. The van der Waals surface area contributed by atoms with Gasteiger partial charge in [-0.15, -0.1) is 0 Å². The fraction of sp³-hybridized carbons (Fsp3) is 0.444. The Morgan fingerprint density at radius 1 is 0.292 bits per heavy atom. The van der Waals surface area contributed by atoms with Crippen LogP contribution in [0.5, 0.6) is 23.0 Å². The van der Waals surface area contributed by atoms with E-state index in [-0.39, 0.29) is 0 Å². The van der Waals surface area contributed by atoms with Crippen molar-refractivity contribution in [3.05, 3.63) is 72.8 Å². The third kappa shape index (κ3) is 12.6. The second-order valence-corrected chi connectivity index (χ2v) is 15.8. The summed E-state index contributed by atoms with van der Waals surface area (Å²) in [7, 11) is 7.17. The van der Waals surface area contributed by atoms with E-state index < -0.39 is 0 Å². The van der Waals surface area contributed by atoms with E-state index in [2.05, 4.69) is 24.3 Å². The van der Waals surface area contributed by atoms with Crippen LogP contribution in [0.3, 0.4) is 0 Å². The average molecular weight is 733 g/mol. The minimum absolute atomic E-state index is 0.489. The van der Waals surface area contributed by atoms with Gasteiger partial charge in [0.15, 0.2) is 0 Å². The lowest BCUT2D eigenvalue weighted by atomic mass is 10.1. The van der Waals surface area contributed by atoms with Crippen molar-refractivity contribution in [2.24, 2.45) is 0 Å². The predicted octanol–water partition coefficient (Wildman–Crippen LogP) is 8.05. The molecule has 0 spiro atoms. The van der Waals surface area contributed by atoms with Crippen LogP contribution in [0.4, 0.5) is 0 Å². The fourth-order valence-electron chi connectivity index (χ4n) is 4.87. The second-order valence-electron chi connectivity index (χ2n) is 10.3. The van der Waals surface area contributed by atoms with E-state index in [1.165, 1.54) is 0 Å². The molecule has 0 radical (unpaired) electrons. The van der Waals surface area contributed by atoms with E-state index in [1.807, 2.05) is 48.5 Å². The Labute approximate surface area is 299 Å². The van der Waals surface area contributed by atoms with Crippen molar-refractivity contribution in [2.75, 3.05) is 102 Å². The lowest BCUT2D eigenvalue weighted by Gasteiger charge is -2.13. The molecule has 0 unspecified atom stereocenters. The summed E-state index contributed by atoms with van der Waals surface area (Å²) in [6.07, 6.45) is 0. The van der Waals surface area contributed by atoms with Crippen LogP contribution in [0.2, 0.25) is 0 Å². The smallest absolute Gasteiger partial charge is 0.127 e. The zero-order valence-corrected chi connectivity index (χ0v) is 30.4. The normalized spacial score (nSPS) is 18.3. The Kier molecular flexibility index (Phi) is 17.4. The highest BCUT2D eigenvalue weighted by molar-refractivity contribution is 8.77. The van der Waals surface area contributed by atoms with Crippen LogP contribution in [0.15, 0.2) is 72.8 Å². The van der Waals surface area contributed by atoms with Gasteiger partial charge < -0.3 is 37.9 Å². The largest absolute Gasteiger partial charge is 0.491 e. The van der Waals surface area contributed by atoms with Gasteiger partial charge in [-0.1, -0.05) is 91.7 Å². The number of ether oxygens (including phenoxy) is 8. The summed E-state index contributed by atoms with van der Waals surface area (Å²) in [5.74, 6) is 6.95. The van der Waals surface area contributed by atoms with Crippen LogP contribution in [-0.4, -0.2) is 102 Å². The molecule has 8 bridgehead atoms. The fourth-order valence-corrected chi connectivity index (χ4v) is 8.31. The SMILES string of the molecule is c1cc2c3cccc(c3c1)OCCOCCSSCCOCCOc1cccc3c(cccc13)OCCOCCSSCCOCCO2. The maximum absolute atomic E-state index is 6.07. The Morgan fingerprint density at radius 2 is 0.542 bits per heavy atom. The molecule has 5 rings (SSSR count). The molecule has 0 saturated carbocycles. The van der Waals surface area contributed by atoms with Gasteiger partial charge in [0.05, 0.1) is 52.9 Å². The van der Waals surface area contributed by atoms with Crippen molar-refractivity contribution in [1.29, 1.82) is 0 Å². The molecule has 48 heavy (non-hydrogen) atoms. The lowest BCUT2D eigenvalue weighted by Crippen LogP contribution is -2.10. The van der Waals surface area contributed by atoms with Crippen LogP contribution in [0.25, 0.3) is 21.5 Å². The number of benzene rings is 4. The maximum Gasteiger partial charge on any atom is 0.127 e. The molecule has 1 heterocycles. The molecule has 260 valence electrons. The van der Waals surface area contributed by atoms with Gasteiger partial charge in [0.2, 0.25) is 0 Å². The third-order valence-electron chi connectivity index (χ3n) is 7.04. The van der Waals surface area contributed by atoms with Crippen LogP contribution in [-0.2, 0) is 18.9 Å². The molecule has 0 saturated heterocycles. The summed E-state index contributed by atoms with van der Waals surface area (Å²) in [5, 5.41) is 4.10. The summed E-state index contributed by atoms with van der Waals surface area (Å²) in [6.45, 7) is 6.80. The Hall–Kier alpha value is -2.16. The molecule has 8 nitrogen and oxygen atoms in total. The number of rotatable bonds is 0. The molecule has 0 amide bonds. The van der Waals surface area contributed by atoms with E-state index in [0.717, 1.165) is 67.6 Å². The number of hydrogen-bond donors (Lipinski definition) is 0. The van der Waals surface area contributed by atoms with Crippen molar-refractivity contribution in [2.45, 2.75) is 0 Å². The first-order valence-electron chi connectivity index (χ1n) is 16.2. The van der Waals surface area contributed by atoms with Crippen molar-refractivity contribution < 1.29 is 37.9 Å². The molecule has 1 aliphatic rings. The van der Waals surface area contributed by atoms with Crippen molar-refractivity contribution in [3.8, 4) is 23.0 Å². The van der Waals surface area contributed by atoms with Gasteiger partial charge in [-0.05, 0) is 24.3 Å². The van der Waals surface area contributed by atoms with E-state index >= 15 is 0 Å². The zero-order chi connectivity index (χ0) is 32.9. The molecule has 0 aliphatic carbocycles. The van der Waals surface area contributed by atoms with E-state index in [0.29, 0.717) is 79.3 Å². The topological polar surface area (TPSA) is 73.8 Å². The molecule has 0 N–H and O–H groups in total. The second kappa shape index (κ2) is 22.5. The van der Waals surface area contributed by atoms with Crippen molar-refractivity contribution in [3.63, 3.8) is 0 Å². The summed E-state index contributed by atoms with van der Waals surface area (Å²) in [6, 6.07) is 24.2. The predicted molar refractivity (Wildman–Crippen MR) is 203 cm³/mol. The lowest BCUT2D eigenvalue weighted by molar-refractivity contribution is 0.112. The molecule has 4 aromatic carbocycles. The van der Waals surface area contributed by atoms with Crippen LogP contribution >= 0.6 is 43.2 Å². The van der Waals surface area contributed by atoms with Gasteiger partial charge in [0.1, 0.15) is 49.4 Å². The van der Waals surface area contributed by atoms with Crippen LogP contribution in [0, 0.1) is 0 Å². The van der Waals surface area contributed by atoms with Gasteiger partial charge in [-0.25, -0.2) is 0 Å². The highest BCUT2D eigenvalue weighted by atomic mass is 33.1. The molecular weight excluding hydrogens is 689 g/mol. The molecule has 0 atom stereocenters. The standard InChI is InChI=1S/C36H44O8S4/c1-5-29-30-6-2-10-34(29)42-18-14-38-22-26-46-48-28-24-40-16-20-44-36-12-4-7-31-32(36)8-3-11-35(31)43-19-15-39-23-27-47-45-25-21-37-13-17-41-33(30)9-1/h1-12H,13-28H2. The van der Waals surface area contributed by atoms with Gasteiger partial charge >= 0.3 is 0 Å². The highest BCUT2D eigenvalue weighted by Gasteiger charge is 2.09. The first kappa shape index (κ1) is 37.1. The Balaban J connectivity index is 1.07. The minimum Gasteiger partial charge on any atom is -0.491 e. The van der Waals surface area contributed by atoms with Crippen LogP contribution < -0.4 is 18.9 Å². The summed E-state index contributed by atoms with van der Waals surface area (Å²) < 4.78 is 47.5. The molecule has 1 aliphatic heterocycles. The highest BCUT2D eigenvalue weighted by Crippen LogP contribution is 2.33. The van der Waals surface area contributed by atoms with E-state index in [4.69, 9.17) is 37.9 Å². The minimum atomic E-state index is 0.489. The Bertz CT molecular complexity index is 1270. The first-order valence-corrected chi connectivity index (χ1v) is 21.2. The third-order valence-corrected chi connectivity index (χ3v) is 11.7. The van der Waals surface area contributed by atoms with Gasteiger partial charge in [0, 0.05) is 44.6 Å². The summed E-state index contributed by atoms with van der Waals surface area (Å²) in [5.41, 5.74) is 0. The number of hydrogen-bond acceptors (Lipinski definition) is 12. The Morgan fingerprint density at radius 3 is 0.792 bits per heavy atom. The van der Waals surface area contributed by atoms with Gasteiger partial charge in [0.25, 0.3) is 0 Å². The quantitative estimate of drug-likeness (QED) is 0.164. The van der Waals surface area contributed by atoms with Crippen molar-refractivity contribution >= 4 is 64.7 Å². The molecule has 0 fully saturated rings. The molecule has 12 heteroatoms.